The van der Waals surface area contributed by atoms with E-state index in [0.29, 0.717) is 17.7 Å². The zero-order chi connectivity index (χ0) is 26.4. The molecule has 14 heteroatoms. The first-order valence-electron chi connectivity index (χ1n) is 11.6. The molecule has 1 N–H and O–H groups in total. The number of ether oxygens (including phenoxy) is 1. The van der Waals surface area contributed by atoms with Crippen LogP contribution in [0.5, 0.6) is 5.75 Å². The fraction of sp³-hybridized carbons (Fsp3) is 0.435. The van der Waals surface area contributed by atoms with Crippen molar-refractivity contribution in [1.82, 2.24) is 24.6 Å². The molecule has 2 aromatic heterocycles. The molecule has 1 saturated heterocycles. The third-order valence-corrected chi connectivity index (χ3v) is 8.14. The number of hydrogen-bond acceptors (Lipinski definition) is 7. The summed E-state index contributed by atoms with van der Waals surface area (Å²) in [6, 6.07) is 4.08. The third kappa shape index (κ3) is 5.12. The number of sulfonamides is 1. The van der Waals surface area contributed by atoms with Crippen LogP contribution in [0.15, 0.2) is 47.9 Å². The highest BCUT2D eigenvalue weighted by atomic mass is 32.2. The van der Waals surface area contributed by atoms with Crippen LogP contribution in [-0.2, 0) is 17.1 Å². The van der Waals surface area contributed by atoms with Crippen LogP contribution in [0.4, 0.5) is 23.4 Å². The van der Waals surface area contributed by atoms with E-state index in [1.807, 2.05) is 4.90 Å². The molecule has 2 aliphatic rings. The predicted molar refractivity (Wildman–Crippen MR) is 124 cm³/mol. The summed E-state index contributed by atoms with van der Waals surface area (Å²) in [7, 11) is -2.65. The minimum absolute atomic E-state index is 0.0309. The summed E-state index contributed by atoms with van der Waals surface area (Å²) in [4.78, 5) is 8.78. The van der Waals surface area contributed by atoms with Gasteiger partial charge in [0.15, 0.2) is 0 Å². The zero-order valence-corrected chi connectivity index (χ0v) is 20.5. The Kier molecular flexibility index (Phi) is 6.56. The Morgan fingerprint density at radius 2 is 1.97 bits per heavy atom. The molecule has 1 fully saturated rings. The van der Waals surface area contributed by atoms with E-state index in [0.717, 1.165) is 18.5 Å². The number of hydrogen-bond donors (Lipinski definition) is 1. The van der Waals surface area contributed by atoms with Crippen molar-refractivity contribution >= 4 is 15.8 Å². The van der Waals surface area contributed by atoms with Gasteiger partial charge >= 0.3 is 6.18 Å². The van der Waals surface area contributed by atoms with Gasteiger partial charge in [0.2, 0.25) is 0 Å². The number of halogens is 4. The number of likely N-dealkylation sites (tertiary alicyclic amines) is 1. The molecule has 4 heterocycles. The van der Waals surface area contributed by atoms with Crippen LogP contribution < -0.4 is 9.46 Å². The highest BCUT2D eigenvalue weighted by Gasteiger charge is 2.47. The molecule has 0 radical (unpaired) electrons. The third-order valence-electron chi connectivity index (χ3n) is 6.77. The first kappa shape index (κ1) is 25.4. The fourth-order valence-corrected chi connectivity index (χ4v) is 6.10. The van der Waals surface area contributed by atoms with Gasteiger partial charge in [-0.15, -0.1) is 0 Å². The number of anilines is 1. The second kappa shape index (κ2) is 9.56. The minimum atomic E-state index is -4.34. The van der Waals surface area contributed by atoms with Crippen LogP contribution in [-0.4, -0.2) is 52.4 Å². The van der Waals surface area contributed by atoms with Gasteiger partial charge in [-0.25, -0.2) is 22.8 Å². The number of nitrogens with one attached hydrogen (secondary N) is 1. The second-order valence-corrected chi connectivity index (χ2v) is 10.8. The van der Waals surface area contributed by atoms with Crippen molar-refractivity contribution in [2.24, 2.45) is 13.0 Å². The van der Waals surface area contributed by atoms with Crippen LogP contribution in [0.3, 0.4) is 0 Å². The number of alkyl halides is 3. The van der Waals surface area contributed by atoms with E-state index >= 15 is 4.39 Å². The summed E-state index contributed by atoms with van der Waals surface area (Å²) in [5, 5.41) is 4.36. The van der Waals surface area contributed by atoms with E-state index in [9.17, 15) is 21.6 Å². The standard InChI is InChI=1S/C23H24F4N6O3S/c1-32-7-4-17(30-32)19-10-14(23(25,26)27)3-8-33(19)18-5-9-36-20-12-21(16(24)11-15(18)20)37(34,35)31-22-2-6-28-13-29-22/h2,4,6-7,11-14,18-19H,3,5,8-10H2,1H3,(H,28,29,31)/t14-,18-,19+/m0/s1. The van der Waals surface area contributed by atoms with Crippen molar-refractivity contribution in [2.45, 2.75) is 42.4 Å². The number of aryl methyl sites for hydroxylation is 1. The van der Waals surface area contributed by atoms with Gasteiger partial charge in [-0.2, -0.15) is 18.3 Å². The van der Waals surface area contributed by atoms with Crippen molar-refractivity contribution in [3.63, 3.8) is 0 Å². The Hall–Kier alpha value is -3.26. The number of nitrogens with zero attached hydrogens (tertiary/aromatic N) is 5. The number of piperidine rings is 1. The molecule has 0 saturated carbocycles. The van der Waals surface area contributed by atoms with Crippen molar-refractivity contribution in [1.29, 1.82) is 0 Å². The number of rotatable bonds is 5. The summed E-state index contributed by atoms with van der Waals surface area (Å²) in [6.07, 6.45) is -0.0561. The van der Waals surface area contributed by atoms with E-state index in [2.05, 4.69) is 19.8 Å². The molecule has 9 nitrogen and oxygen atoms in total. The lowest BCUT2D eigenvalue weighted by Gasteiger charge is -2.45. The van der Waals surface area contributed by atoms with E-state index < -0.39 is 44.9 Å². The topological polar surface area (TPSA) is 102 Å². The van der Waals surface area contributed by atoms with E-state index in [4.69, 9.17) is 4.74 Å². The average Bonchev–Trinajstić information content (AvgIpc) is 3.29. The second-order valence-electron chi connectivity index (χ2n) is 9.10. The molecular weight excluding hydrogens is 516 g/mol. The maximum Gasteiger partial charge on any atom is 0.391 e. The molecule has 5 rings (SSSR count). The summed E-state index contributed by atoms with van der Waals surface area (Å²) in [5.74, 6) is -2.35. The molecular formula is C23H24F4N6O3S. The lowest BCUT2D eigenvalue weighted by atomic mass is 9.85. The Morgan fingerprint density at radius 1 is 1.16 bits per heavy atom. The number of benzene rings is 1. The molecule has 198 valence electrons. The molecule has 0 bridgehead atoms. The van der Waals surface area contributed by atoms with Crippen LogP contribution in [0, 0.1) is 11.7 Å². The van der Waals surface area contributed by atoms with Gasteiger partial charge in [0.05, 0.1) is 24.3 Å². The van der Waals surface area contributed by atoms with Gasteiger partial charge < -0.3 is 4.74 Å². The van der Waals surface area contributed by atoms with E-state index in [1.54, 1.807) is 19.3 Å². The lowest BCUT2D eigenvalue weighted by molar-refractivity contribution is -0.192. The first-order chi connectivity index (χ1) is 17.5. The Morgan fingerprint density at radius 3 is 2.65 bits per heavy atom. The lowest BCUT2D eigenvalue weighted by Crippen LogP contribution is -2.44. The quantitative estimate of drug-likeness (QED) is 0.489. The fourth-order valence-electron chi connectivity index (χ4n) is 5.02. The molecule has 2 aliphatic heterocycles. The molecule has 37 heavy (non-hydrogen) atoms. The predicted octanol–water partition coefficient (Wildman–Crippen LogP) is 3.99. The van der Waals surface area contributed by atoms with Gasteiger partial charge in [-0.1, -0.05) is 0 Å². The number of fused-ring (bicyclic) bond motifs is 1. The molecule has 0 amide bonds. The zero-order valence-electron chi connectivity index (χ0n) is 19.7. The molecule has 1 aromatic carbocycles. The largest absolute Gasteiger partial charge is 0.493 e. The first-order valence-corrected chi connectivity index (χ1v) is 13.1. The summed E-state index contributed by atoms with van der Waals surface area (Å²) in [5.41, 5.74) is 0.884. The number of aromatic nitrogens is 4. The maximum absolute atomic E-state index is 15.3. The van der Waals surface area contributed by atoms with Crippen LogP contribution in [0.1, 0.15) is 42.6 Å². The van der Waals surface area contributed by atoms with Gasteiger partial charge in [-0.3, -0.25) is 14.3 Å². The highest BCUT2D eigenvalue weighted by Crippen LogP contribution is 2.48. The van der Waals surface area contributed by atoms with Crippen molar-refractivity contribution in [2.75, 3.05) is 17.9 Å². The molecule has 3 atom stereocenters. The Balaban J connectivity index is 1.49. The summed E-state index contributed by atoms with van der Waals surface area (Å²) in [6.45, 7) is 0.308. The van der Waals surface area contributed by atoms with Crippen LogP contribution >= 0.6 is 0 Å². The Bertz CT molecular complexity index is 1380. The average molecular weight is 541 g/mol. The summed E-state index contributed by atoms with van der Waals surface area (Å²) < 4.78 is 91.3. The van der Waals surface area contributed by atoms with Gasteiger partial charge in [0.25, 0.3) is 10.0 Å². The van der Waals surface area contributed by atoms with Gasteiger partial charge in [-0.05, 0) is 31.0 Å². The van der Waals surface area contributed by atoms with Crippen molar-refractivity contribution in [3.05, 3.63) is 60.1 Å². The highest BCUT2D eigenvalue weighted by molar-refractivity contribution is 7.92. The normalized spacial score (nSPS) is 22.8. The Labute approximate surface area is 210 Å². The summed E-state index contributed by atoms with van der Waals surface area (Å²) >= 11 is 0. The van der Waals surface area contributed by atoms with Crippen LogP contribution in [0.25, 0.3) is 0 Å². The monoisotopic (exact) mass is 540 g/mol. The molecule has 0 spiro atoms. The molecule has 0 aliphatic carbocycles. The smallest absolute Gasteiger partial charge is 0.391 e. The molecule has 0 unspecified atom stereocenters. The van der Waals surface area contributed by atoms with Crippen molar-refractivity contribution in [3.8, 4) is 5.75 Å². The van der Waals surface area contributed by atoms with Crippen LogP contribution in [0.2, 0.25) is 0 Å². The molecule has 3 aromatic rings. The van der Waals surface area contributed by atoms with Gasteiger partial charge in [0, 0.05) is 50.1 Å². The SMILES string of the molecule is Cn1ccc([C@H]2C[C@@H](C(F)(F)F)CCN2[C@H]2CCOc3cc(S(=O)(=O)Nc4ccncn4)c(F)cc32)n1. The van der Waals surface area contributed by atoms with Crippen molar-refractivity contribution < 1.29 is 30.7 Å². The van der Waals surface area contributed by atoms with E-state index in [1.165, 1.54) is 16.9 Å². The van der Waals surface area contributed by atoms with Gasteiger partial charge in [0.1, 0.15) is 28.6 Å². The van der Waals surface area contributed by atoms with E-state index in [-0.39, 0.29) is 37.6 Å². The minimum Gasteiger partial charge on any atom is -0.493 e. The maximum atomic E-state index is 15.3.